The number of hydrogen-bond acceptors (Lipinski definition) is 4. The average molecular weight is 419 g/mol. The number of hydrogen-bond donors (Lipinski definition) is 2. The van der Waals surface area contributed by atoms with Gasteiger partial charge in [0, 0.05) is 41.0 Å². The van der Waals surface area contributed by atoms with Gasteiger partial charge in [-0.3, -0.25) is 14.4 Å². The van der Waals surface area contributed by atoms with Gasteiger partial charge in [0.1, 0.15) is 17.2 Å². The van der Waals surface area contributed by atoms with Crippen LogP contribution in [0.2, 0.25) is 0 Å². The third-order valence-corrected chi connectivity index (χ3v) is 5.83. The molecule has 5 nitrogen and oxygen atoms in total. The van der Waals surface area contributed by atoms with E-state index >= 15 is 0 Å². The van der Waals surface area contributed by atoms with Crippen LogP contribution < -0.4 is 5.73 Å². The van der Waals surface area contributed by atoms with Gasteiger partial charge in [-0.1, -0.05) is 18.2 Å². The van der Waals surface area contributed by atoms with Crippen LogP contribution in [-0.4, -0.2) is 45.0 Å². The molecule has 1 aromatic rings. The van der Waals surface area contributed by atoms with Crippen LogP contribution in [0.1, 0.15) is 18.4 Å². The number of halogens is 4. The Morgan fingerprint density at radius 3 is 2.46 bits per heavy atom. The van der Waals surface area contributed by atoms with Crippen molar-refractivity contribution in [3.8, 4) is 0 Å². The summed E-state index contributed by atoms with van der Waals surface area (Å²) in [5, 5.41) is 7.71. The zero-order valence-corrected chi connectivity index (χ0v) is 15.8. The lowest BCUT2D eigenvalue weighted by molar-refractivity contribution is -0.125. The van der Waals surface area contributed by atoms with E-state index in [-0.39, 0.29) is 30.6 Å². The van der Waals surface area contributed by atoms with Gasteiger partial charge in [0.15, 0.2) is 0 Å². The fourth-order valence-electron chi connectivity index (χ4n) is 2.86. The quantitative estimate of drug-likeness (QED) is 0.549. The lowest BCUT2D eigenvalue weighted by Crippen LogP contribution is -2.40. The second kappa shape index (κ2) is 9.31. The minimum Gasteiger partial charge on any atom is -0.395 e. The van der Waals surface area contributed by atoms with Crippen molar-refractivity contribution in [3.05, 3.63) is 47.4 Å². The summed E-state index contributed by atoms with van der Waals surface area (Å²) in [7, 11) is -0.911. The topological polar surface area (TPSA) is 87.2 Å². The fourth-order valence-corrected chi connectivity index (χ4v) is 4.25. The van der Waals surface area contributed by atoms with E-state index in [1.54, 1.807) is 6.07 Å². The van der Waals surface area contributed by atoms with Crippen molar-refractivity contribution in [2.45, 2.75) is 25.6 Å². The van der Waals surface area contributed by atoms with Crippen molar-refractivity contribution >= 4 is 22.4 Å². The molecule has 0 bridgehead atoms. The number of nitrogens with zero attached hydrogens (tertiary/aromatic N) is 1. The summed E-state index contributed by atoms with van der Waals surface area (Å²) in [5.74, 6) is -0.593. The van der Waals surface area contributed by atoms with E-state index in [1.165, 1.54) is 18.2 Å². The van der Waals surface area contributed by atoms with Crippen LogP contribution in [0.5, 0.6) is 0 Å². The van der Waals surface area contributed by atoms with E-state index in [2.05, 4.69) is 0 Å². The van der Waals surface area contributed by atoms with Gasteiger partial charge in [0.05, 0.1) is 0 Å². The van der Waals surface area contributed by atoms with E-state index in [0.29, 0.717) is 24.3 Å². The Hall–Kier alpha value is -2.23. The van der Waals surface area contributed by atoms with Crippen molar-refractivity contribution < 1.29 is 26.6 Å². The maximum absolute atomic E-state index is 14.0. The molecule has 1 aromatic carbocycles. The van der Waals surface area contributed by atoms with Crippen molar-refractivity contribution in [2.24, 2.45) is 11.7 Å². The Morgan fingerprint density at radius 2 is 1.89 bits per heavy atom. The molecule has 0 unspecified atom stereocenters. The lowest BCUT2D eigenvalue weighted by atomic mass is 10.0. The maximum atomic E-state index is 14.0. The summed E-state index contributed by atoms with van der Waals surface area (Å²) in [5.41, 5.74) is 2.61. The number of benzene rings is 1. The summed E-state index contributed by atoms with van der Waals surface area (Å²) in [6.07, 6.45) is -3.41. The van der Waals surface area contributed by atoms with Crippen molar-refractivity contribution in [3.63, 3.8) is 0 Å². The number of nitrogens with two attached hydrogens (primary N) is 1. The van der Waals surface area contributed by atoms with Crippen LogP contribution >= 0.6 is 0 Å². The number of rotatable bonds is 6. The Kier molecular flexibility index (Phi) is 7.34. The van der Waals surface area contributed by atoms with Crippen molar-refractivity contribution in [2.75, 3.05) is 18.1 Å². The predicted octanol–water partition coefficient (Wildman–Crippen LogP) is 2.74. The first-order chi connectivity index (χ1) is 13.1. The molecular weight excluding hydrogens is 398 g/mol. The fraction of sp³-hybridized carbons (Fsp3) is 0.444. The van der Waals surface area contributed by atoms with Crippen LogP contribution in [0.25, 0.3) is 0 Å². The molecule has 1 heterocycles. The summed E-state index contributed by atoms with van der Waals surface area (Å²) in [6, 6.07) is 5.75. The van der Waals surface area contributed by atoms with Crippen LogP contribution in [0.3, 0.4) is 0 Å². The molecule has 2 rings (SSSR count). The highest BCUT2D eigenvalue weighted by molar-refractivity contribution is 7.85. The third-order valence-electron chi connectivity index (χ3n) is 4.45. The predicted molar refractivity (Wildman–Crippen MR) is 98.5 cm³/mol. The number of carbonyl (C=O) groups is 1. The number of amides is 1. The van der Waals surface area contributed by atoms with Gasteiger partial charge in [-0.15, -0.1) is 0 Å². The highest BCUT2D eigenvalue weighted by Crippen LogP contribution is 2.23. The van der Waals surface area contributed by atoms with Crippen LogP contribution in [0.15, 0.2) is 36.0 Å². The largest absolute Gasteiger partial charge is 0.430 e. The highest BCUT2D eigenvalue weighted by Gasteiger charge is 2.33. The Morgan fingerprint density at radius 1 is 1.29 bits per heavy atom. The summed E-state index contributed by atoms with van der Waals surface area (Å²) >= 11 is 0. The van der Waals surface area contributed by atoms with Gasteiger partial charge in [0.2, 0.25) is 0 Å². The standard InChI is InChI=1S/C18H21F4N3O2S/c19-14-4-2-1-3-13(14)11-25(10-12-5-7-28(27)8-6-12)17(26)15(23)9-16(24)18(20,21)22/h1-4,9,12,23H,5-8,10-11,24H2. The van der Waals surface area contributed by atoms with Crippen LogP contribution in [-0.2, 0) is 22.1 Å². The molecule has 1 fully saturated rings. The molecule has 28 heavy (non-hydrogen) atoms. The van der Waals surface area contributed by atoms with E-state index in [9.17, 15) is 26.6 Å². The van der Waals surface area contributed by atoms with Crippen LogP contribution in [0, 0.1) is 17.1 Å². The monoisotopic (exact) mass is 419 g/mol. The first-order valence-corrected chi connectivity index (χ1v) is 10.1. The molecule has 0 aromatic heterocycles. The van der Waals surface area contributed by atoms with E-state index in [0.717, 1.165) is 4.90 Å². The number of allylic oxidation sites excluding steroid dienone is 1. The molecule has 1 amide bonds. The molecule has 0 aliphatic carbocycles. The molecule has 154 valence electrons. The van der Waals surface area contributed by atoms with Gasteiger partial charge in [0.25, 0.3) is 5.91 Å². The van der Waals surface area contributed by atoms with Gasteiger partial charge in [-0.25, -0.2) is 4.39 Å². The average Bonchev–Trinajstić information content (AvgIpc) is 2.63. The highest BCUT2D eigenvalue weighted by atomic mass is 32.2. The second-order valence-electron chi connectivity index (χ2n) is 6.58. The minimum absolute atomic E-state index is 0.0230. The molecule has 10 heteroatoms. The molecule has 0 radical (unpaired) electrons. The number of alkyl halides is 3. The lowest BCUT2D eigenvalue weighted by Gasteiger charge is -2.29. The second-order valence-corrected chi connectivity index (χ2v) is 8.28. The van der Waals surface area contributed by atoms with E-state index in [1.807, 2.05) is 0 Å². The summed E-state index contributed by atoms with van der Waals surface area (Å²) < 4.78 is 63.3. The normalized spacial score (nSPS) is 20.6. The minimum atomic E-state index is -4.85. The van der Waals surface area contributed by atoms with E-state index in [4.69, 9.17) is 11.1 Å². The van der Waals surface area contributed by atoms with Gasteiger partial charge in [-0.05, 0) is 30.9 Å². The molecule has 0 saturated carbocycles. The van der Waals surface area contributed by atoms with Crippen molar-refractivity contribution in [1.29, 1.82) is 5.41 Å². The molecule has 1 saturated heterocycles. The number of carbonyl (C=O) groups excluding carboxylic acids is 1. The molecule has 1 aliphatic rings. The van der Waals surface area contributed by atoms with Crippen molar-refractivity contribution in [1.82, 2.24) is 4.90 Å². The molecular formula is C18H21F4N3O2S. The summed E-state index contributed by atoms with van der Waals surface area (Å²) in [4.78, 5) is 13.8. The smallest absolute Gasteiger partial charge is 0.395 e. The summed E-state index contributed by atoms with van der Waals surface area (Å²) in [6.45, 7) is -0.0558. The van der Waals surface area contributed by atoms with Gasteiger partial charge < -0.3 is 10.6 Å². The third kappa shape index (κ3) is 6.15. The Bertz CT molecular complexity index is 785. The SMILES string of the molecule is N=C(C=C(N)C(F)(F)F)C(=O)N(Cc1ccccc1F)CC1CCS(=O)CC1. The number of nitrogens with one attached hydrogen (secondary N) is 1. The molecule has 1 aliphatic heterocycles. The first kappa shape index (κ1) is 22.1. The molecule has 3 N–H and O–H groups in total. The van der Waals surface area contributed by atoms with Crippen LogP contribution in [0.4, 0.5) is 17.6 Å². The molecule has 0 spiro atoms. The van der Waals surface area contributed by atoms with Gasteiger partial charge >= 0.3 is 6.18 Å². The Balaban J connectivity index is 2.21. The Labute approximate surface area is 162 Å². The van der Waals surface area contributed by atoms with E-state index < -0.39 is 40.1 Å². The zero-order valence-electron chi connectivity index (χ0n) is 15.0. The first-order valence-electron chi connectivity index (χ1n) is 8.58. The van der Waals surface area contributed by atoms with Gasteiger partial charge in [-0.2, -0.15) is 13.2 Å². The zero-order chi connectivity index (χ0) is 20.9. The maximum Gasteiger partial charge on any atom is 0.430 e. The molecule has 0 atom stereocenters.